The largest absolute Gasteiger partial charge is 1.00 e. The predicted octanol–water partition coefficient (Wildman–Crippen LogP) is 3.23. The number of aromatic nitrogens is 1. The van der Waals surface area contributed by atoms with Crippen LogP contribution in [-0.4, -0.2) is 18.3 Å². The van der Waals surface area contributed by atoms with E-state index >= 15 is 0 Å². The smallest absolute Gasteiger partial charge is 0.255 e. The highest BCUT2D eigenvalue weighted by Gasteiger charge is 2.11. The highest BCUT2D eigenvalue weighted by Crippen LogP contribution is 2.18. The molecule has 1 aromatic heterocycles. The first-order valence-electron chi connectivity index (χ1n) is 12.1. The van der Waals surface area contributed by atoms with Crippen LogP contribution in [0.3, 0.4) is 0 Å². The van der Waals surface area contributed by atoms with E-state index < -0.39 is 0 Å². The standard InChI is InChI=1S/C30H30N2O3.BrH/c1-23(33)28-12-6-7-13-29(28)31-30(34)25-14-16-27(17-15-25)35-21-9-3-2-8-19-32-20-18-24-10-4-5-11-26(24)22-32;/h4-7,10-18,20,22H,2-3,8-9,19,21H2,1H3;1H. The molecule has 0 bridgehead atoms. The third-order valence-corrected chi connectivity index (χ3v) is 6.00. The average Bonchev–Trinajstić information content (AvgIpc) is 2.88. The highest BCUT2D eigenvalue weighted by atomic mass is 79.9. The van der Waals surface area contributed by atoms with E-state index in [4.69, 9.17) is 4.74 Å². The Hall–Kier alpha value is -3.51. The molecule has 4 aromatic rings. The molecule has 1 N–H and O–H groups in total. The molecule has 1 amide bonds. The van der Waals surface area contributed by atoms with Crippen LogP contribution in [0.15, 0.2) is 91.3 Å². The molecule has 0 saturated heterocycles. The molecule has 6 heteroatoms. The van der Waals surface area contributed by atoms with Gasteiger partial charge in [-0.3, -0.25) is 9.59 Å². The number of pyridine rings is 1. The molecule has 186 valence electrons. The van der Waals surface area contributed by atoms with E-state index in [1.165, 1.54) is 17.7 Å². The number of halogens is 1. The van der Waals surface area contributed by atoms with Gasteiger partial charge in [0.05, 0.1) is 12.3 Å². The Labute approximate surface area is 222 Å². The molecule has 3 aromatic carbocycles. The Morgan fingerprint density at radius 1 is 0.806 bits per heavy atom. The Bertz CT molecular complexity index is 1310. The SMILES string of the molecule is CC(=O)c1ccccc1NC(=O)c1ccc(OCCCCCC[n+]2ccc3ccccc3c2)cc1.[Br-]. The molecule has 0 atom stereocenters. The van der Waals surface area contributed by atoms with Crippen molar-refractivity contribution in [1.82, 2.24) is 0 Å². The minimum Gasteiger partial charge on any atom is -1.00 e. The fraction of sp³-hybridized carbons (Fsp3) is 0.233. The lowest BCUT2D eigenvalue weighted by molar-refractivity contribution is -0.696. The minimum absolute atomic E-state index is 0. The third-order valence-electron chi connectivity index (χ3n) is 6.00. The molecule has 36 heavy (non-hydrogen) atoms. The zero-order valence-corrected chi connectivity index (χ0v) is 22.0. The number of nitrogens with zero attached hydrogens (tertiary/aromatic N) is 1. The van der Waals surface area contributed by atoms with Crippen LogP contribution in [0.25, 0.3) is 10.8 Å². The summed E-state index contributed by atoms with van der Waals surface area (Å²) < 4.78 is 8.10. The number of benzene rings is 3. The van der Waals surface area contributed by atoms with Crippen molar-refractivity contribution in [3.05, 3.63) is 102 Å². The van der Waals surface area contributed by atoms with Gasteiger partial charge in [-0.15, -0.1) is 0 Å². The van der Waals surface area contributed by atoms with Crippen LogP contribution < -0.4 is 31.6 Å². The molecular weight excluding hydrogens is 516 g/mol. The molecule has 0 radical (unpaired) electrons. The maximum Gasteiger partial charge on any atom is 0.255 e. The Kier molecular flexibility index (Phi) is 10.2. The number of amides is 1. The number of aryl methyl sites for hydroxylation is 1. The van der Waals surface area contributed by atoms with Gasteiger partial charge < -0.3 is 27.0 Å². The quantitative estimate of drug-likeness (QED) is 0.178. The molecule has 0 aliphatic rings. The number of anilines is 1. The van der Waals surface area contributed by atoms with Gasteiger partial charge in [0.2, 0.25) is 0 Å². The number of unbranched alkanes of at least 4 members (excludes halogenated alkanes) is 3. The van der Waals surface area contributed by atoms with E-state index in [0.29, 0.717) is 23.4 Å². The van der Waals surface area contributed by atoms with Crippen LogP contribution in [0, 0.1) is 0 Å². The second-order valence-corrected chi connectivity index (χ2v) is 8.65. The lowest BCUT2D eigenvalue weighted by Gasteiger charge is -2.10. The summed E-state index contributed by atoms with van der Waals surface area (Å²) in [5, 5.41) is 5.36. The molecule has 5 nitrogen and oxygen atoms in total. The number of carbonyl (C=O) groups excluding carboxylic acids is 2. The number of para-hydroxylation sites is 1. The lowest BCUT2D eigenvalue weighted by atomic mass is 10.1. The first kappa shape index (κ1) is 27.1. The van der Waals surface area contributed by atoms with Gasteiger partial charge in [-0.25, -0.2) is 4.57 Å². The zero-order chi connectivity index (χ0) is 24.5. The number of fused-ring (bicyclic) bond motifs is 1. The topological polar surface area (TPSA) is 59.3 Å². The Morgan fingerprint density at radius 2 is 1.50 bits per heavy atom. The fourth-order valence-corrected chi connectivity index (χ4v) is 4.05. The van der Waals surface area contributed by atoms with Gasteiger partial charge in [0, 0.05) is 29.0 Å². The van der Waals surface area contributed by atoms with Crippen molar-refractivity contribution in [3.63, 3.8) is 0 Å². The van der Waals surface area contributed by atoms with Crippen LogP contribution in [0.1, 0.15) is 53.3 Å². The van der Waals surface area contributed by atoms with Crippen LogP contribution in [0.5, 0.6) is 5.75 Å². The molecule has 0 saturated carbocycles. The van der Waals surface area contributed by atoms with Gasteiger partial charge in [0.1, 0.15) is 12.3 Å². The first-order valence-corrected chi connectivity index (χ1v) is 12.1. The molecule has 1 heterocycles. The summed E-state index contributed by atoms with van der Waals surface area (Å²) in [5.74, 6) is 0.407. The van der Waals surface area contributed by atoms with Gasteiger partial charge in [-0.05, 0) is 74.0 Å². The van der Waals surface area contributed by atoms with Crippen molar-refractivity contribution >= 4 is 28.2 Å². The van der Waals surface area contributed by atoms with Crippen LogP contribution in [0.2, 0.25) is 0 Å². The van der Waals surface area contributed by atoms with Crippen molar-refractivity contribution in [2.24, 2.45) is 0 Å². The number of hydrogen-bond acceptors (Lipinski definition) is 3. The monoisotopic (exact) mass is 546 g/mol. The van der Waals surface area contributed by atoms with Crippen molar-refractivity contribution in [2.75, 3.05) is 11.9 Å². The number of ketones is 1. The summed E-state index contributed by atoms with van der Waals surface area (Å²) in [4.78, 5) is 24.3. The highest BCUT2D eigenvalue weighted by molar-refractivity contribution is 6.09. The number of hydrogen-bond donors (Lipinski definition) is 1. The summed E-state index contributed by atoms with van der Waals surface area (Å²) in [6.07, 6.45) is 8.77. The van der Waals surface area contributed by atoms with Crippen LogP contribution in [-0.2, 0) is 6.54 Å². The summed E-state index contributed by atoms with van der Waals surface area (Å²) >= 11 is 0. The van der Waals surface area contributed by atoms with E-state index in [9.17, 15) is 9.59 Å². The van der Waals surface area contributed by atoms with Crippen molar-refractivity contribution < 1.29 is 35.9 Å². The maximum atomic E-state index is 12.6. The van der Waals surface area contributed by atoms with Crippen molar-refractivity contribution in [3.8, 4) is 5.75 Å². The number of Topliss-reactive ketones (excluding diaryl/α,β-unsaturated/α-hetero) is 1. The first-order chi connectivity index (χ1) is 17.1. The van der Waals surface area contributed by atoms with Crippen LogP contribution in [0.4, 0.5) is 5.69 Å². The average molecular weight is 547 g/mol. The van der Waals surface area contributed by atoms with Crippen molar-refractivity contribution in [1.29, 1.82) is 0 Å². The summed E-state index contributed by atoms with van der Waals surface area (Å²) in [6, 6.07) is 24.7. The number of rotatable bonds is 11. The molecule has 0 spiro atoms. The summed E-state index contributed by atoms with van der Waals surface area (Å²) in [6.45, 7) is 3.16. The number of carbonyl (C=O) groups is 2. The van der Waals surface area contributed by atoms with Gasteiger partial charge in [-0.2, -0.15) is 0 Å². The number of ether oxygens (including phenoxy) is 1. The summed E-state index contributed by atoms with van der Waals surface area (Å²) in [5.41, 5.74) is 1.53. The lowest BCUT2D eigenvalue weighted by Crippen LogP contribution is -3.00. The van der Waals surface area contributed by atoms with E-state index in [0.717, 1.165) is 38.0 Å². The predicted molar refractivity (Wildman–Crippen MR) is 139 cm³/mol. The molecule has 0 aliphatic heterocycles. The van der Waals surface area contributed by atoms with E-state index in [2.05, 4.69) is 52.6 Å². The van der Waals surface area contributed by atoms with Gasteiger partial charge in [-0.1, -0.05) is 30.3 Å². The van der Waals surface area contributed by atoms with Gasteiger partial charge in [0.25, 0.3) is 5.91 Å². The van der Waals surface area contributed by atoms with Crippen molar-refractivity contribution in [2.45, 2.75) is 39.2 Å². The second-order valence-electron chi connectivity index (χ2n) is 8.65. The molecular formula is C30H31BrN2O3. The molecule has 0 fully saturated rings. The normalized spacial score (nSPS) is 10.5. The molecule has 0 unspecified atom stereocenters. The van der Waals surface area contributed by atoms with E-state index in [1.54, 1.807) is 36.4 Å². The second kappa shape index (κ2) is 13.5. The van der Waals surface area contributed by atoms with E-state index in [1.807, 2.05) is 12.1 Å². The van der Waals surface area contributed by atoms with Gasteiger partial charge in [0.15, 0.2) is 18.2 Å². The molecule has 0 aliphatic carbocycles. The Balaban J connectivity index is 0.00000361. The number of nitrogens with one attached hydrogen (secondary N) is 1. The van der Waals surface area contributed by atoms with Gasteiger partial charge >= 0.3 is 0 Å². The third kappa shape index (κ3) is 7.49. The van der Waals surface area contributed by atoms with Crippen LogP contribution >= 0.6 is 0 Å². The molecule has 4 rings (SSSR count). The maximum absolute atomic E-state index is 12.6. The van der Waals surface area contributed by atoms with E-state index in [-0.39, 0.29) is 28.7 Å². The zero-order valence-electron chi connectivity index (χ0n) is 20.5. The Morgan fingerprint density at radius 3 is 2.28 bits per heavy atom. The summed E-state index contributed by atoms with van der Waals surface area (Å²) in [7, 11) is 0. The minimum atomic E-state index is -0.255. The fourth-order valence-electron chi connectivity index (χ4n) is 4.05.